The Balaban J connectivity index is 1.28. The Morgan fingerprint density at radius 1 is 0.431 bits per heavy atom. The molecule has 0 spiro atoms. The fraction of sp³-hybridized carbons (Fsp3) is 0.0217. The number of rotatable bonds is 7. The van der Waals surface area contributed by atoms with Crippen LogP contribution in [0.3, 0.4) is 0 Å². The Labute approximate surface area is 296 Å². The molecule has 2 heterocycles. The first-order chi connectivity index (χ1) is 25.2. The van der Waals surface area contributed by atoms with Gasteiger partial charge in [0.15, 0.2) is 11.6 Å². The molecular formula is C46H33N5. The lowest BCUT2D eigenvalue weighted by Gasteiger charge is -2.26. The van der Waals surface area contributed by atoms with Crippen molar-refractivity contribution in [3.8, 4) is 39.9 Å². The molecule has 242 valence electrons. The summed E-state index contributed by atoms with van der Waals surface area (Å²) in [6, 6.07) is 63.2. The van der Waals surface area contributed by atoms with Crippen molar-refractivity contribution in [2.75, 3.05) is 4.90 Å². The Morgan fingerprint density at radius 2 is 0.980 bits per heavy atom. The van der Waals surface area contributed by atoms with Gasteiger partial charge in [0, 0.05) is 33.3 Å². The van der Waals surface area contributed by atoms with Crippen molar-refractivity contribution in [3.63, 3.8) is 0 Å². The van der Waals surface area contributed by atoms with E-state index in [0.29, 0.717) is 17.6 Å². The number of aromatic nitrogens is 4. The molecule has 9 rings (SSSR count). The predicted molar refractivity (Wildman–Crippen MR) is 210 cm³/mol. The first-order valence-electron chi connectivity index (χ1n) is 17.1. The van der Waals surface area contributed by atoms with Gasteiger partial charge in [0.05, 0.1) is 16.7 Å². The van der Waals surface area contributed by atoms with Crippen LogP contribution in [0.2, 0.25) is 0 Å². The third kappa shape index (κ3) is 5.51. The van der Waals surface area contributed by atoms with Crippen molar-refractivity contribution in [1.82, 2.24) is 19.5 Å². The molecule has 0 aliphatic carbocycles. The highest BCUT2D eigenvalue weighted by atomic mass is 15.2. The maximum atomic E-state index is 5.14. The van der Waals surface area contributed by atoms with E-state index in [0.717, 1.165) is 50.0 Å². The van der Waals surface area contributed by atoms with E-state index in [2.05, 4.69) is 138 Å². The summed E-state index contributed by atoms with van der Waals surface area (Å²) >= 11 is 0. The van der Waals surface area contributed by atoms with Crippen LogP contribution in [-0.2, 0) is 0 Å². The minimum absolute atomic E-state index is 0.569. The van der Waals surface area contributed by atoms with Crippen LogP contribution in [-0.4, -0.2) is 19.5 Å². The maximum Gasteiger partial charge on any atom is 0.238 e. The molecule has 0 unspecified atom stereocenters. The van der Waals surface area contributed by atoms with E-state index in [9.17, 15) is 0 Å². The largest absolute Gasteiger partial charge is 0.310 e. The number of anilines is 3. The van der Waals surface area contributed by atoms with Crippen LogP contribution in [0.25, 0.3) is 61.7 Å². The lowest BCUT2D eigenvalue weighted by atomic mass is 10.00. The van der Waals surface area contributed by atoms with Gasteiger partial charge in [-0.3, -0.25) is 4.57 Å². The molecule has 0 fully saturated rings. The van der Waals surface area contributed by atoms with Crippen LogP contribution in [0.4, 0.5) is 17.1 Å². The Hall–Kier alpha value is -6.85. The standard InChI is InChI=1S/C46H33N5/c1-32-16-11-12-23-38(32)33-28-30-37(31-29-33)50(36-21-9-4-10-22-36)41-26-15-27-42-43(41)39-24-13-14-25-40(39)51(42)46-48-44(34-17-5-2-6-18-34)47-45(49-46)35-19-7-3-8-20-35/h2-31H,1H3. The van der Waals surface area contributed by atoms with Gasteiger partial charge in [-0.15, -0.1) is 0 Å². The average Bonchev–Trinajstić information content (AvgIpc) is 3.55. The summed E-state index contributed by atoms with van der Waals surface area (Å²) in [6.45, 7) is 2.16. The number of benzene rings is 7. The third-order valence-corrected chi connectivity index (χ3v) is 9.40. The fourth-order valence-electron chi connectivity index (χ4n) is 6.99. The normalized spacial score (nSPS) is 11.2. The van der Waals surface area contributed by atoms with Crippen molar-refractivity contribution >= 4 is 38.9 Å². The summed E-state index contributed by atoms with van der Waals surface area (Å²) in [5, 5.41) is 2.23. The molecule has 0 aliphatic rings. The zero-order chi connectivity index (χ0) is 34.1. The second-order valence-corrected chi connectivity index (χ2v) is 12.6. The highest BCUT2D eigenvalue weighted by Gasteiger charge is 2.23. The van der Waals surface area contributed by atoms with Crippen LogP contribution in [0, 0.1) is 6.92 Å². The van der Waals surface area contributed by atoms with Crippen molar-refractivity contribution < 1.29 is 0 Å². The molecule has 9 aromatic rings. The predicted octanol–water partition coefficient (Wildman–Crippen LogP) is 11.7. The van der Waals surface area contributed by atoms with Crippen LogP contribution < -0.4 is 4.90 Å². The van der Waals surface area contributed by atoms with Crippen LogP contribution in [0.5, 0.6) is 0 Å². The number of nitrogens with zero attached hydrogens (tertiary/aromatic N) is 5. The number of hydrogen-bond donors (Lipinski definition) is 0. The van der Waals surface area contributed by atoms with E-state index in [1.807, 2.05) is 60.7 Å². The van der Waals surface area contributed by atoms with Gasteiger partial charge in [-0.2, -0.15) is 9.97 Å². The molecule has 0 N–H and O–H groups in total. The molecule has 0 atom stereocenters. The molecule has 0 aliphatic heterocycles. The minimum atomic E-state index is 0.569. The number of hydrogen-bond acceptors (Lipinski definition) is 4. The summed E-state index contributed by atoms with van der Waals surface area (Å²) in [4.78, 5) is 17.6. The van der Waals surface area contributed by atoms with Crippen molar-refractivity contribution in [3.05, 3.63) is 188 Å². The van der Waals surface area contributed by atoms with Crippen LogP contribution >= 0.6 is 0 Å². The molecule has 0 saturated carbocycles. The zero-order valence-electron chi connectivity index (χ0n) is 28.1. The number of aryl methyl sites for hydroxylation is 1. The van der Waals surface area contributed by atoms with Crippen LogP contribution in [0.1, 0.15) is 5.56 Å². The second kappa shape index (κ2) is 12.9. The van der Waals surface area contributed by atoms with Gasteiger partial charge in [-0.05, 0) is 66.1 Å². The summed E-state index contributed by atoms with van der Waals surface area (Å²) < 4.78 is 2.18. The smallest absolute Gasteiger partial charge is 0.238 e. The molecule has 5 heteroatoms. The first-order valence-corrected chi connectivity index (χ1v) is 17.1. The Morgan fingerprint density at radius 3 is 1.65 bits per heavy atom. The molecule has 51 heavy (non-hydrogen) atoms. The zero-order valence-corrected chi connectivity index (χ0v) is 28.1. The van der Waals surface area contributed by atoms with Crippen molar-refractivity contribution in [2.45, 2.75) is 6.92 Å². The van der Waals surface area contributed by atoms with Crippen molar-refractivity contribution in [1.29, 1.82) is 0 Å². The fourth-order valence-corrected chi connectivity index (χ4v) is 6.99. The van der Waals surface area contributed by atoms with Crippen LogP contribution in [0.15, 0.2) is 182 Å². The maximum absolute atomic E-state index is 5.14. The average molecular weight is 656 g/mol. The molecule has 2 aromatic heterocycles. The molecular weight excluding hydrogens is 623 g/mol. The monoisotopic (exact) mass is 655 g/mol. The molecule has 5 nitrogen and oxygen atoms in total. The van der Waals surface area contributed by atoms with Gasteiger partial charge in [0.25, 0.3) is 0 Å². The Kier molecular flexibility index (Phi) is 7.63. The van der Waals surface area contributed by atoms with Gasteiger partial charge in [-0.1, -0.05) is 140 Å². The summed E-state index contributed by atoms with van der Waals surface area (Å²) in [7, 11) is 0. The number of para-hydroxylation sites is 2. The number of fused-ring (bicyclic) bond motifs is 3. The SMILES string of the molecule is Cc1ccccc1-c1ccc(N(c2ccccc2)c2cccc3c2c2ccccc2n3-c2nc(-c3ccccc3)nc(-c3ccccc3)n2)cc1. The highest BCUT2D eigenvalue weighted by molar-refractivity contribution is 6.16. The second-order valence-electron chi connectivity index (χ2n) is 12.6. The molecule has 0 radical (unpaired) electrons. The topological polar surface area (TPSA) is 46.8 Å². The quantitative estimate of drug-likeness (QED) is 0.171. The van der Waals surface area contributed by atoms with E-state index in [4.69, 9.17) is 15.0 Å². The lowest BCUT2D eigenvalue weighted by Crippen LogP contribution is -2.10. The van der Waals surface area contributed by atoms with Gasteiger partial charge in [-0.25, -0.2) is 4.98 Å². The minimum Gasteiger partial charge on any atom is -0.310 e. The molecule has 0 amide bonds. The lowest BCUT2D eigenvalue weighted by molar-refractivity contribution is 0.953. The summed E-state index contributed by atoms with van der Waals surface area (Å²) in [5.41, 5.74) is 10.8. The highest BCUT2D eigenvalue weighted by Crippen LogP contribution is 2.44. The van der Waals surface area contributed by atoms with Gasteiger partial charge in [0.2, 0.25) is 5.95 Å². The van der Waals surface area contributed by atoms with E-state index in [1.54, 1.807) is 0 Å². The van der Waals surface area contributed by atoms with Gasteiger partial charge < -0.3 is 4.90 Å². The third-order valence-electron chi connectivity index (χ3n) is 9.40. The first kappa shape index (κ1) is 30.2. The molecule has 0 bridgehead atoms. The molecule has 0 saturated heterocycles. The van der Waals surface area contributed by atoms with E-state index >= 15 is 0 Å². The van der Waals surface area contributed by atoms with E-state index in [1.165, 1.54) is 16.7 Å². The van der Waals surface area contributed by atoms with Crippen molar-refractivity contribution in [2.24, 2.45) is 0 Å². The van der Waals surface area contributed by atoms with Gasteiger partial charge in [0.1, 0.15) is 0 Å². The summed E-state index contributed by atoms with van der Waals surface area (Å²) in [5.74, 6) is 1.82. The molecule has 7 aromatic carbocycles. The van der Waals surface area contributed by atoms with E-state index in [-0.39, 0.29) is 0 Å². The summed E-state index contributed by atoms with van der Waals surface area (Å²) in [6.07, 6.45) is 0. The van der Waals surface area contributed by atoms with Gasteiger partial charge >= 0.3 is 0 Å². The van der Waals surface area contributed by atoms with E-state index < -0.39 is 0 Å². The Bertz CT molecular complexity index is 2570.